The van der Waals surface area contributed by atoms with E-state index in [1.54, 1.807) is 12.1 Å². The summed E-state index contributed by atoms with van der Waals surface area (Å²) in [6.07, 6.45) is 0. The van der Waals surface area contributed by atoms with Gasteiger partial charge in [-0.25, -0.2) is 0 Å². The van der Waals surface area contributed by atoms with Crippen LogP contribution in [0.5, 0.6) is 5.75 Å². The standard InChI is InChI=1S/C18H13BrO/c19-18-7-2-1-6-17(18)15-5-3-4-14(12-15)13-8-10-16(20)11-9-13/h1-12,20H. The van der Waals surface area contributed by atoms with Gasteiger partial charge in [-0.3, -0.25) is 0 Å². The Morgan fingerprint density at radius 2 is 1.35 bits per heavy atom. The molecule has 1 nitrogen and oxygen atoms in total. The lowest BCUT2D eigenvalue weighted by Crippen LogP contribution is -1.82. The largest absolute Gasteiger partial charge is 0.508 e. The fraction of sp³-hybridized carbons (Fsp3) is 0. The molecule has 0 atom stereocenters. The molecule has 98 valence electrons. The molecule has 0 saturated carbocycles. The third kappa shape index (κ3) is 2.61. The predicted molar refractivity (Wildman–Crippen MR) is 86.7 cm³/mol. The molecule has 0 unspecified atom stereocenters. The van der Waals surface area contributed by atoms with Crippen molar-refractivity contribution in [3.63, 3.8) is 0 Å². The van der Waals surface area contributed by atoms with E-state index in [4.69, 9.17) is 0 Å². The van der Waals surface area contributed by atoms with E-state index in [2.05, 4.69) is 46.3 Å². The second kappa shape index (κ2) is 5.51. The number of halogens is 1. The fourth-order valence-corrected chi connectivity index (χ4v) is 2.73. The van der Waals surface area contributed by atoms with Gasteiger partial charge in [-0.1, -0.05) is 64.5 Å². The zero-order valence-electron chi connectivity index (χ0n) is 10.8. The Balaban J connectivity index is 2.06. The monoisotopic (exact) mass is 324 g/mol. The van der Waals surface area contributed by atoms with Gasteiger partial charge in [-0.05, 0) is 46.5 Å². The molecule has 0 amide bonds. The minimum Gasteiger partial charge on any atom is -0.508 e. The summed E-state index contributed by atoms with van der Waals surface area (Å²) >= 11 is 3.59. The summed E-state index contributed by atoms with van der Waals surface area (Å²) in [6, 6.07) is 23.8. The first kappa shape index (κ1) is 12.9. The fourth-order valence-electron chi connectivity index (χ4n) is 2.22. The summed E-state index contributed by atoms with van der Waals surface area (Å²) in [5, 5.41) is 9.37. The third-order valence-electron chi connectivity index (χ3n) is 3.25. The van der Waals surface area contributed by atoms with Crippen LogP contribution in [0.3, 0.4) is 0 Å². The van der Waals surface area contributed by atoms with Crippen molar-refractivity contribution in [3.8, 4) is 28.0 Å². The minimum atomic E-state index is 0.288. The zero-order valence-corrected chi connectivity index (χ0v) is 12.3. The van der Waals surface area contributed by atoms with Crippen molar-refractivity contribution in [3.05, 3.63) is 77.3 Å². The van der Waals surface area contributed by atoms with E-state index >= 15 is 0 Å². The lowest BCUT2D eigenvalue weighted by Gasteiger charge is -2.08. The molecular formula is C18H13BrO. The highest BCUT2D eigenvalue weighted by atomic mass is 79.9. The van der Waals surface area contributed by atoms with E-state index in [1.165, 1.54) is 11.1 Å². The summed E-state index contributed by atoms with van der Waals surface area (Å²) in [4.78, 5) is 0. The molecule has 1 N–H and O–H groups in total. The molecule has 0 spiro atoms. The highest BCUT2D eigenvalue weighted by molar-refractivity contribution is 9.10. The minimum absolute atomic E-state index is 0.288. The number of hydrogen-bond acceptors (Lipinski definition) is 1. The Bertz CT molecular complexity index is 732. The van der Waals surface area contributed by atoms with Crippen molar-refractivity contribution in [2.45, 2.75) is 0 Å². The quantitative estimate of drug-likeness (QED) is 0.661. The van der Waals surface area contributed by atoms with Crippen LogP contribution in [0.1, 0.15) is 0 Å². The molecule has 0 radical (unpaired) electrons. The summed E-state index contributed by atoms with van der Waals surface area (Å²) in [7, 11) is 0. The molecule has 0 fully saturated rings. The van der Waals surface area contributed by atoms with Crippen LogP contribution < -0.4 is 0 Å². The van der Waals surface area contributed by atoms with E-state index in [1.807, 2.05) is 30.3 Å². The number of rotatable bonds is 2. The summed E-state index contributed by atoms with van der Waals surface area (Å²) in [5.41, 5.74) is 4.58. The second-order valence-electron chi connectivity index (χ2n) is 4.61. The number of phenols is 1. The molecular weight excluding hydrogens is 312 g/mol. The molecule has 0 aliphatic heterocycles. The van der Waals surface area contributed by atoms with Gasteiger partial charge in [0.05, 0.1) is 0 Å². The smallest absolute Gasteiger partial charge is 0.115 e. The Labute approximate surface area is 126 Å². The first-order valence-corrected chi connectivity index (χ1v) is 7.18. The van der Waals surface area contributed by atoms with Gasteiger partial charge in [-0.15, -0.1) is 0 Å². The molecule has 20 heavy (non-hydrogen) atoms. The maximum absolute atomic E-state index is 9.37. The topological polar surface area (TPSA) is 20.2 Å². The van der Waals surface area contributed by atoms with Crippen LogP contribution in [-0.4, -0.2) is 5.11 Å². The van der Waals surface area contributed by atoms with Gasteiger partial charge in [0.1, 0.15) is 5.75 Å². The van der Waals surface area contributed by atoms with Crippen molar-refractivity contribution >= 4 is 15.9 Å². The first-order valence-electron chi connectivity index (χ1n) is 6.38. The van der Waals surface area contributed by atoms with Crippen LogP contribution in [0, 0.1) is 0 Å². The van der Waals surface area contributed by atoms with Crippen molar-refractivity contribution in [1.29, 1.82) is 0 Å². The zero-order chi connectivity index (χ0) is 13.9. The van der Waals surface area contributed by atoms with Crippen molar-refractivity contribution in [2.75, 3.05) is 0 Å². The van der Waals surface area contributed by atoms with Gasteiger partial charge < -0.3 is 5.11 Å². The molecule has 0 aromatic heterocycles. The van der Waals surface area contributed by atoms with Crippen LogP contribution in [0.25, 0.3) is 22.3 Å². The van der Waals surface area contributed by atoms with Gasteiger partial charge in [0.25, 0.3) is 0 Å². The van der Waals surface area contributed by atoms with Crippen LogP contribution >= 0.6 is 15.9 Å². The van der Waals surface area contributed by atoms with E-state index < -0.39 is 0 Å². The van der Waals surface area contributed by atoms with Gasteiger partial charge in [-0.2, -0.15) is 0 Å². The lowest BCUT2D eigenvalue weighted by molar-refractivity contribution is 0.475. The Hall–Kier alpha value is -2.06. The van der Waals surface area contributed by atoms with Gasteiger partial charge in [0.2, 0.25) is 0 Å². The summed E-state index contributed by atoms with van der Waals surface area (Å²) in [6.45, 7) is 0. The Kier molecular flexibility index (Phi) is 3.57. The highest BCUT2D eigenvalue weighted by Crippen LogP contribution is 2.31. The van der Waals surface area contributed by atoms with E-state index in [-0.39, 0.29) is 5.75 Å². The SMILES string of the molecule is Oc1ccc(-c2cccc(-c3ccccc3Br)c2)cc1. The van der Waals surface area contributed by atoms with Crippen molar-refractivity contribution in [1.82, 2.24) is 0 Å². The van der Waals surface area contributed by atoms with Gasteiger partial charge in [0.15, 0.2) is 0 Å². The molecule has 0 bridgehead atoms. The van der Waals surface area contributed by atoms with Crippen LogP contribution in [0.4, 0.5) is 0 Å². The molecule has 2 heteroatoms. The number of benzene rings is 3. The first-order chi connectivity index (χ1) is 9.74. The molecule has 3 aromatic rings. The second-order valence-corrected chi connectivity index (χ2v) is 5.46. The predicted octanol–water partition coefficient (Wildman–Crippen LogP) is 5.49. The maximum Gasteiger partial charge on any atom is 0.115 e. The molecule has 3 aromatic carbocycles. The lowest BCUT2D eigenvalue weighted by atomic mass is 9.99. The van der Waals surface area contributed by atoms with E-state index in [0.717, 1.165) is 15.6 Å². The van der Waals surface area contributed by atoms with Crippen molar-refractivity contribution < 1.29 is 5.11 Å². The number of phenolic OH excluding ortho intramolecular Hbond substituents is 1. The van der Waals surface area contributed by atoms with Gasteiger partial charge >= 0.3 is 0 Å². The maximum atomic E-state index is 9.37. The van der Waals surface area contributed by atoms with E-state index in [9.17, 15) is 5.11 Å². The molecule has 0 saturated heterocycles. The highest BCUT2D eigenvalue weighted by Gasteiger charge is 2.04. The van der Waals surface area contributed by atoms with Gasteiger partial charge in [0, 0.05) is 4.47 Å². The van der Waals surface area contributed by atoms with Crippen LogP contribution in [0.2, 0.25) is 0 Å². The number of hydrogen-bond donors (Lipinski definition) is 1. The van der Waals surface area contributed by atoms with Crippen LogP contribution in [-0.2, 0) is 0 Å². The normalized spacial score (nSPS) is 10.4. The molecule has 0 aliphatic rings. The van der Waals surface area contributed by atoms with Crippen molar-refractivity contribution in [2.24, 2.45) is 0 Å². The summed E-state index contributed by atoms with van der Waals surface area (Å²) < 4.78 is 1.09. The average molecular weight is 325 g/mol. The Morgan fingerprint density at radius 1 is 0.650 bits per heavy atom. The Morgan fingerprint density at radius 3 is 2.10 bits per heavy atom. The third-order valence-corrected chi connectivity index (χ3v) is 3.94. The molecule has 3 rings (SSSR count). The molecule has 0 aliphatic carbocycles. The number of aromatic hydroxyl groups is 1. The average Bonchev–Trinajstić information content (AvgIpc) is 2.49. The van der Waals surface area contributed by atoms with E-state index in [0.29, 0.717) is 0 Å². The summed E-state index contributed by atoms with van der Waals surface area (Å²) in [5.74, 6) is 0.288. The molecule has 0 heterocycles. The van der Waals surface area contributed by atoms with Crippen LogP contribution in [0.15, 0.2) is 77.3 Å².